The molecule has 0 saturated carbocycles. The molecule has 36 heavy (non-hydrogen) atoms. The van der Waals surface area contributed by atoms with Crippen molar-refractivity contribution in [3.8, 4) is 5.75 Å². The fourth-order valence-corrected chi connectivity index (χ4v) is 6.79. The Morgan fingerprint density at radius 3 is 2.50 bits per heavy atom. The largest absolute Gasteiger partial charge is 0.492 e. The van der Waals surface area contributed by atoms with Crippen molar-refractivity contribution < 1.29 is 30.0 Å². The number of aliphatic hydroxyl groups excluding tert-OH is 4. The zero-order valence-electron chi connectivity index (χ0n) is 20.8. The van der Waals surface area contributed by atoms with Crippen LogP contribution in [0, 0.1) is 0 Å². The second-order valence-corrected chi connectivity index (χ2v) is 12.7. The molecule has 0 bridgehead atoms. The number of urea groups is 1. The van der Waals surface area contributed by atoms with Gasteiger partial charge in [0, 0.05) is 16.0 Å². The van der Waals surface area contributed by atoms with Gasteiger partial charge in [0.15, 0.2) is 0 Å². The molecule has 3 rings (SSSR count). The number of aliphatic hydroxyl groups is 4. The average Bonchev–Trinajstić information content (AvgIpc) is 2.83. The van der Waals surface area contributed by atoms with Gasteiger partial charge in [-0.3, -0.25) is 0 Å². The Labute approximate surface area is 220 Å². The highest BCUT2D eigenvalue weighted by molar-refractivity contribution is 8.16. The van der Waals surface area contributed by atoms with Gasteiger partial charge in [0.2, 0.25) is 0 Å². The molecule has 2 aromatic carbocycles. The number of benzene rings is 2. The molecule has 0 aromatic heterocycles. The predicted octanol–water partition coefficient (Wildman–Crippen LogP) is 2.15. The molecule has 8 nitrogen and oxygen atoms in total. The van der Waals surface area contributed by atoms with Gasteiger partial charge in [-0.05, 0) is 61.4 Å². The highest BCUT2D eigenvalue weighted by Crippen LogP contribution is 2.48. The summed E-state index contributed by atoms with van der Waals surface area (Å²) in [6.45, 7) is 3.91. The van der Waals surface area contributed by atoms with Crippen LogP contribution in [0.4, 0.5) is 4.79 Å². The molecular weight excluding hydrogens is 504 g/mol. The van der Waals surface area contributed by atoms with Crippen molar-refractivity contribution in [2.75, 3.05) is 31.8 Å². The molecule has 6 N–H and O–H groups in total. The molecule has 1 saturated heterocycles. The first kappa shape index (κ1) is 28.6. The number of rotatable bonds is 9. The number of thiol groups is 1. The maximum atomic E-state index is 11.8. The van der Waals surface area contributed by atoms with Crippen LogP contribution in [0.25, 0.3) is 0 Å². The van der Waals surface area contributed by atoms with Crippen molar-refractivity contribution in [3.63, 3.8) is 0 Å². The minimum absolute atomic E-state index is 0.158. The van der Waals surface area contributed by atoms with Crippen molar-refractivity contribution in [2.24, 2.45) is 0 Å². The van der Waals surface area contributed by atoms with Gasteiger partial charge in [-0.1, -0.05) is 35.9 Å². The number of nitrogens with one attached hydrogen (secondary N) is 2. The third-order valence-corrected chi connectivity index (χ3v) is 9.12. The molecule has 1 heterocycles. The van der Waals surface area contributed by atoms with E-state index in [0.717, 1.165) is 16.7 Å². The topological polar surface area (TPSA) is 131 Å². The number of carbonyl (C=O) groups is 1. The molecule has 200 valence electrons. The average molecular weight is 541 g/mol. The quantitative estimate of drug-likeness (QED) is 0.193. The standard InChI is InChI=1S/C26H37ClN2O6S/c1-26(2,15-30)29-25(34)28-10-11-35-19-7-4-16(5-8-19)12-18-13-17(6-9-20(18)27)24-23(33)22(32)21(31)14-36(24)3/h4-9,13,21-24,30-33,36H,10-12,14-15H2,1-3H3,(H2,28,29,34)/t21-,22-,23-,24+/m1/s1. The Kier molecular flexibility index (Phi) is 9.91. The van der Waals surface area contributed by atoms with Crippen molar-refractivity contribution in [3.05, 3.63) is 64.2 Å². The van der Waals surface area contributed by atoms with E-state index in [1.807, 2.05) is 48.7 Å². The van der Waals surface area contributed by atoms with E-state index in [2.05, 4.69) is 10.6 Å². The zero-order chi connectivity index (χ0) is 26.5. The van der Waals surface area contributed by atoms with Crippen LogP contribution in [0.2, 0.25) is 5.02 Å². The summed E-state index contributed by atoms with van der Waals surface area (Å²) in [5, 5.41) is 45.7. The van der Waals surface area contributed by atoms with E-state index in [0.29, 0.717) is 36.1 Å². The molecule has 0 radical (unpaired) electrons. The molecule has 10 heteroatoms. The van der Waals surface area contributed by atoms with Crippen LogP contribution in [-0.4, -0.2) is 82.1 Å². The Hall–Kier alpha value is -2.01. The summed E-state index contributed by atoms with van der Waals surface area (Å²) < 4.78 is 5.69. The monoisotopic (exact) mass is 540 g/mol. The number of hydrogen-bond donors (Lipinski definition) is 7. The molecule has 1 aliphatic rings. The van der Waals surface area contributed by atoms with E-state index < -0.39 is 34.7 Å². The molecule has 1 fully saturated rings. The second kappa shape index (κ2) is 12.5. The van der Waals surface area contributed by atoms with Crippen LogP contribution >= 0.6 is 22.5 Å². The van der Waals surface area contributed by atoms with Gasteiger partial charge in [0.05, 0.1) is 30.9 Å². The van der Waals surface area contributed by atoms with Crippen LogP contribution in [0.3, 0.4) is 0 Å². The van der Waals surface area contributed by atoms with Crippen LogP contribution in [-0.2, 0) is 6.42 Å². The highest BCUT2D eigenvalue weighted by Gasteiger charge is 2.40. The number of ether oxygens (including phenoxy) is 1. The Morgan fingerprint density at radius 1 is 1.14 bits per heavy atom. The number of halogens is 1. The summed E-state index contributed by atoms with van der Waals surface area (Å²) >= 11 is 6.48. The summed E-state index contributed by atoms with van der Waals surface area (Å²) in [5.74, 6) is 1.16. The normalized spacial score (nSPS) is 25.3. The number of amides is 2. The fraction of sp³-hybridized carbons (Fsp3) is 0.500. The summed E-state index contributed by atoms with van der Waals surface area (Å²) in [6, 6.07) is 12.9. The summed E-state index contributed by atoms with van der Waals surface area (Å²) in [7, 11) is -0.703. The van der Waals surface area contributed by atoms with E-state index in [4.69, 9.17) is 16.3 Å². The van der Waals surface area contributed by atoms with Gasteiger partial charge in [0.25, 0.3) is 0 Å². The van der Waals surface area contributed by atoms with Crippen molar-refractivity contribution in [1.82, 2.24) is 10.6 Å². The van der Waals surface area contributed by atoms with E-state index in [1.165, 1.54) is 0 Å². The second-order valence-electron chi connectivity index (χ2n) is 9.88. The van der Waals surface area contributed by atoms with E-state index in [-0.39, 0.29) is 17.9 Å². The molecule has 1 unspecified atom stereocenters. The first-order valence-electron chi connectivity index (χ1n) is 11.9. The maximum Gasteiger partial charge on any atom is 0.315 e. The smallest absolute Gasteiger partial charge is 0.315 e. The molecule has 0 aliphatic carbocycles. The predicted molar refractivity (Wildman–Crippen MR) is 144 cm³/mol. The minimum Gasteiger partial charge on any atom is -0.492 e. The van der Waals surface area contributed by atoms with Crippen LogP contribution < -0.4 is 15.4 Å². The molecule has 2 amide bonds. The van der Waals surface area contributed by atoms with Crippen LogP contribution in [0.1, 0.15) is 35.8 Å². The van der Waals surface area contributed by atoms with Gasteiger partial charge < -0.3 is 35.8 Å². The lowest BCUT2D eigenvalue weighted by Gasteiger charge is -2.42. The van der Waals surface area contributed by atoms with Crippen LogP contribution in [0.15, 0.2) is 42.5 Å². The molecule has 1 aliphatic heterocycles. The Morgan fingerprint density at radius 2 is 1.83 bits per heavy atom. The maximum absolute atomic E-state index is 11.8. The molecule has 5 atom stereocenters. The Balaban J connectivity index is 1.56. The van der Waals surface area contributed by atoms with E-state index in [1.54, 1.807) is 13.8 Å². The van der Waals surface area contributed by atoms with Gasteiger partial charge in [-0.15, -0.1) is 0 Å². The van der Waals surface area contributed by atoms with E-state index in [9.17, 15) is 25.2 Å². The van der Waals surface area contributed by atoms with E-state index >= 15 is 0 Å². The first-order valence-corrected chi connectivity index (χ1v) is 14.3. The lowest BCUT2D eigenvalue weighted by atomic mass is 9.96. The summed E-state index contributed by atoms with van der Waals surface area (Å²) in [6.07, 6.45) is -0.450. The minimum atomic E-state index is -1.16. The van der Waals surface area contributed by atoms with Crippen LogP contribution in [0.5, 0.6) is 5.75 Å². The lowest BCUT2D eigenvalue weighted by molar-refractivity contribution is -0.0561. The van der Waals surface area contributed by atoms with Crippen molar-refractivity contribution >= 4 is 28.5 Å². The number of carbonyl (C=O) groups excluding carboxylic acids is 1. The number of hydrogen-bond acceptors (Lipinski definition) is 6. The molecule has 0 spiro atoms. The highest BCUT2D eigenvalue weighted by atomic mass is 35.5. The van der Waals surface area contributed by atoms with Crippen molar-refractivity contribution in [1.29, 1.82) is 0 Å². The summed E-state index contributed by atoms with van der Waals surface area (Å²) in [4.78, 5) is 11.8. The first-order chi connectivity index (χ1) is 17.0. The third-order valence-electron chi connectivity index (χ3n) is 6.25. The molecule has 2 aromatic rings. The lowest BCUT2D eigenvalue weighted by Crippen LogP contribution is -2.51. The van der Waals surface area contributed by atoms with Gasteiger partial charge >= 0.3 is 6.03 Å². The zero-order valence-corrected chi connectivity index (χ0v) is 22.5. The van der Waals surface area contributed by atoms with Gasteiger partial charge in [-0.25, -0.2) is 15.7 Å². The molecular formula is C26H37ClN2O6S. The van der Waals surface area contributed by atoms with Crippen molar-refractivity contribution in [2.45, 2.75) is 49.4 Å². The van der Waals surface area contributed by atoms with Gasteiger partial charge in [0.1, 0.15) is 18.5 Å². The fourth-order valence-electron chi connectivity index (χ4n) is 4.21. The summed E-state index contributed by atoms with van der Waals surface area (Å²) in [5.41, 5.74) is 2.17. The van der Waals surface area contributed by atoms with Gasteiger partial charge in [-0.2, -0.15) is 0 Å². The Bertz CT molecular complexity index is 1020. The SMILES string of the molecule is C[SH]1C[C@@H](O)[C@@H](O)[C@@H](O)[C@@H]1c1ccc(Cl)c(Cc2ccc(OCCNC(=O)NC(C)(C)CO)cc2)c1. The third kappa shape index (κ3) is 7.50.